The first-order valence-electron chi connectivity index (χ1n) is 14.6. The number of hydrogen-bond acceptors (Lipinski definition) is 7. The number of hydrogen-bond donors (Lipinski definition) is 3. The van der Waals surface area contributed by atoms with E-state index in [4.69, 9.17) is 4.74 Å². The maximum atomic E-state index is 15.1. The van der Waals surface area contributed by atoms with Gasteiger partial charge in [0, 0.05) is 53.9 Å². The largest absolute Gasteiger partial charge is 0.487 e. The molecular weight excluding hydrogens is 598 g/mol. The summed E-state index contributed by atoms with van der Waals surface area (Å²) < 4.78 is 36.1. The summed E-state index contributed by atoms with van der Waals surface area (Å²) in [5.74, 6) is -4.62. The van der Waals surface area contributed by atoms with E-state index in [1.54, 1.807) is 48.5 Å². The summed E-state index contributed by atoms with van der Waals surface area (Å²) in [6.45, 7) is 2.40. The van der Waals surface area contributed by atoms with E-state index >= 15 is 8.78 Å². The molecule has 46 heavy (non-hydrogen) atoms. The van der Waals surface area contributed by atoms with Crippen molar-refractivity contribution in [3.05, 3.63) is 101 Å². The van der Waals surface area contributed by atoms with Crippen molar-refractivity contribution in [1.82, 2.24) is 15.3 Å². The number of carboxylic acid groups (broad SMARTS) is 1. The fraction of sp³-hybridized carbons (Fsp3) is 0.273. The molecule has 13 heteroatoms. The van der Waals surface area contributed by atoms with Gasteiger partial charge in [0.2, 0.25) is 5.91 Å². The van der Waals surface area contributed by atoms with Crippen molar-refractivity contribution in [1.29, 1.82) is 5.26 Å². The summed E-state index contributed by atoms with van der Waals surface area (Å²) in [6, 6.07) is 18.7. The van der Waals surface area contributed by atoms with E-state index in [0.29, 0.717) is 30.0 Å². The predicted octanol–water partition coefficient (Wildman–Crippen LogP) is 4.48. The van der Waals surface area contributed by atoms with Crippen LogP contribution in [-0.4, -0.2) is 64.7 Å². The van der Waals surface area contributed by atoms with Crippen molar-refractivity contribution in [2.75, 3.05) is 29.9 Å². The average molecular weight is 629 g/mol. The zero-order valence-electron chi connectivity index (χ0n) is 24.7. The molecule has 3 N–H and O–H groups in total. The van der Waals surface area contributed by atoms with Crippen LogP contribution in [0.2, 0.25) is 0 Å². The summed E-state index contributed by atoms with van der Waals surface area (Å²) in [7, 11) is 0. The summed E-state index contributed by atoms with van der Waals surface area (Å²) >= 11 is 0. The molecule has 3 aromatic rings. The third-order valence-electron chi connectivity index (χ3n) is 8.36. The second-order valence-corrected chi connectivity index (χ2v) is 11.3. The van der Waals surface area contributed by atoms with Crippen LogP contribution in [0.1, 0.15) is 30.0 Å². The van der Waals surface area contributed by atoms with E-state index in [0.717, 1.165) is 0 Å². The van der Waals surface area contributed by atoms with E-state index in [2.05, 4.69) is 10.7 Å². The number of nitriles is 1. The highest BCUT2D eigenvalue weighted by Crippen LogP contribution is 2.38. The molecule has 0 saturated carbocycles. The molecule has 3 amide bonds. The monoisotopic (exact) mass is 628 g/mol. The number of carbonyl (C=O) groups is 3. The maximum absolute atomic E-state index is 15.1. The van der Waals surface area contributed by atoms with Crippen LogP contribution in [0.25, 0.3) is 0 Å². The molecule has 11 nitrogen and oxygen atoms in total. The molecule has 3 atom stereocenters. The second kappa shape index (κ2) is 12.1. The highest BCUT2D eigenvalue weighted by Gasteiger charge is 2.47. The first-order chi connectivity index (χ1) is 22.1. The van der Waals surface area contributed by atoms with Crippen LogP contribution in [0.5, 0.6) is 5.75 Å². The van der Waals surface area contributed by atoms with Gasteiger partial charge in [-0.05, 0) is 37.3 Å². The van der Waals surface area contributed by atoms with E-state index in [1.807, 2.05) is 6.07 Å². The topological polar surface area (TPSA) is 138 Å². The first kappa shape index (κ1) is 30.5. The van der Waals surface area contributed by atoms with Crippen LogP contribution in [0, 0.1) is 17.2 Å². The number of rotatable bonds is 7. The number of likely N-dealkylation sites (tertiary alicyclic amines) is 1. The average Bonchev–Trinajstić information content (AvgIpc) is 3.70. The molecule has 0 aliphatic carbocycles. The molecule has 0 bridgehead atoms. The number of hydrazine groups is 1. The summed E-state index contributed by atoms with van der Waals surface area (Å²) in [5.41, 5.74) is 4.14. The van der Waals surface area contributed by atoms with Crippen LogP contribution < -0.4 is 20.4 Å². The Morgan fingerprint density at radius 1 is 1.09 bits per heavy atom. The first-order valence-corrected chi connectivity index (χ1v) is 14.6. The van der Waals surface area contributed by atoms with Gasteiger partial charge in [-0.15, -0.1) is 0 Å². The third kappa shape index (κ3) is 5.70. The smallest absolute Gasteiger partial charge is 0.407 e. The lowest BCUT2D eigenvalue weighted by Crippen LogP contribution is -2.53. The number of nitrogens with one attached hydrogen (secondary N) is 2. The van der Waals surface area contributed by atoms with Gasteiger partial charge in [0.25, 0.3) is 11.8 Å². The number of fused-ring (bicyclic) bond motifs is 1. The maximum Gasteiger partial charge on any atom is 0.407 e. The Morgan fingerprint density at radius 2 is 1.80 bits per heavy atom. The predicted molar refractivity (Wildman–Crippen MR) is 163 cm³/mol. The van der Waals surface area contributed by atoms with Crippen LogP contribution in [0.3, 0.4) is 0 Å². The molecule has 2 fully saturated rings. The molecule has 6 rings (SSSR count). The SMILES string of the molecule is CC1=CN2NC[C@H](C(=O)Nc3ccc(O[C@H]4CCN(C(=O)O)C4)c(C#N)c3)C2C(=O)N1c1ccc(C(F)(F)c2ccccc2)cc1. The Hall–Kier alpha value is -5.48. The fourth-order valence-electron chi connectivity index (χ4n) is 6.00. The van der Waals surface area contributed by atoms with Crippen molar-refractivity contribution < 1.29 is 33.0 Å². The molecule has 3 aliphatic rings. The van der Waals surface area contributed by atoms with E-state index in [1.165, 1.54) is 52.3 Å². The Labute approximate surface area is 263 Å². The Balaban J connectivity index is 1.16. The normalized spacial score (nSPS) is 21.0. The molecule has 0 radical (unpaired) electrons. The highest BCUT2D eigenvalue weighted by atomic mass is 19.3. The van der Waals surface area contributed by atoms with Crippen molar-refractivity contribution in [3.8, 4) is 11.8 Å². The molecule has 1 unspecified atom stereocenters. The molecule has 0 spiro atoms. The van der Waals surface area contributed by atoms with Crippen LogP contribution >= 0.6 is 0 Å². The number of carbonyl (C=O) groups excluding carboxylic acids is 2. The number of nitrogens with zero attached hydrogens (tertiary/aromatic N) is 4. The number of ether oxygens (including phenoxy) is 1. The fourth-order valence-corrected chi connectivity index (χ4v) is 6.00. The Morgan fingerprint density at radius 3 is 2.48 bits per heavy atom. The lowest BCUT2D eigenvalue weighted by Gasteiger charge is -2.36. The summed E-state index contributed by atoms with van der Waals surface area (Å²) in [4.78, 5) is 41.2. The van der Waals surface area contributed by atoms with Gasteiger partial charge in [0.1, 0.15) is 24.0 Å². The zero-order chi connectivity index (χ0) is 32.6. The van der Waals surface area contributed by atoms with Gasteiger partial charge in [0.05, 0.1) is 18.0 Å². The minimum Gasteiger partial charge on any atom is -0.487 e. The van der Waals surface area contributed by atoms with Crippen molar-refractivity contribution in [2.45, 2.75) is 31.4 Å². The van der Waals surface area contributed by atoms with Crippen molar-refractivity contribution in [3.63, 3.8) is 0 Å². The third-order valence-corrected chi connectivity index (χ3v) is 8.36. The molecule has 3 aromatic carbocycles. The Bertz CT molecular complexity index is 1740. The van der Waals surface area contributed by atoms with Crippen LogP contribution in [0.4, 0.5) is 25.0 Å². The van der Waals surface area contributed by atoms with E-state index in [-0.39, 0.29) is 35.5 Å². The van der Waals surface area contributed by atoms with Gasteiger partial charge in [-0.2, -0.15) is 14.0 Å². The van der Waals surface area contributed by atoms with Crippen molar-refractivity contribution in [2.24, 2.45) is 5.92 Å². The lowest BCUT2D eigenvalue weighted by atomic mass is 9.96. The summed E-state index contributed by atoms with van der Waals surface area (Å²) in [6.07, 6.45) is 0.759. The number of anilines is 2. The molecule has 3 aliphatic heterocycles. The van der Waals surface area contributed by atoms with E-state index < -0.39 is 41.9 Å². The number of allylic oxidation sites excluding steroid dienone is 1. The quantitative estimate of drug-likeness (QED) is 0.348. The van der Waals surface area contributed by atoms with Gasteiger partial charge in [-0.1, -0.05) is 42.5 Å². The van der Waals surface area contributed by atoms with Gasteiger partial charge in [0.15, 0.2) is 0 Å². The number of alkyl halides is 2. The van der Waals surface area contributed by atoms with Gasteiger partial charge in [-0.25, -0.2) is 10.2 Å². The van der Waals surface area contributed by atoms with Crippen LogP contribution in [0.15, 0.2) is 84.7 Å². The molecule has 2 saturated heterocycles. The van der Waals surface area contributed by atoms with E-state index in [9.17, 15) is 24.8 Å². The number of halogens is 2. The standard InChI is InChI=1S/C33H30F2N6O5/c1-20-18-40-29(31(43)41(20)25-10-7-23(8-11-25)33(34,35)22-5-3-2-4-6-22)27(17-37-40)30(42)38-24-9-12-28(21(15-24)16-36)46-26-13-14-39(19-26)32(44)45/h2-12,15,18,26-27,29,37H,13-14,17,19H2,1H3,(H,38,42)(H,44,45)/t26-,27-,29?/m0/s1. The van der Waals surface area contributed by atoms with Gasteiger partial charge < -0.3 is 25.1 Å². The summed E-state index contributed by atoms with van der Waals surface area (Å²) in [5, 5.41) is 23.3. The molecular formula is C33H30F2N6O5. The number of amides is 3. The van der Waals surface area contributed by atoms with Gasteiger partial charge in [-0.3, -0.25) is 14.5 Å². The zero-order valence-corrected chi connectivity index (χ0v) is 24.7. The highest BCUT2D eigenvalue weighted by molar-refractivity contribution is 6.05. The van der Waals surface area contributed by atoms with Gasteiger partial charge >= 0.3 is 6.09 Å². The molecule has 236 valence electrons. The number of benzene rings is 3. The lowest BCUT2D eigenvalue weighted by molar-refractivity contribution is -0.129. The molecule has 0 aromatic heterocycles. The van der Waals surface area contributed by atoms with Crippen LogP contribution in [-0.2, 0) is 15.5 Å². The second-order valence-electron chi connectivity index (χ2n) is 11.3. The Kier molecular flexibility index (Phi) is 8.06. The minimum absolute atomic E-state index is 0.139. The van der Waals surface area contributed by atoms with Crippen molar-refractivity contribution >= 4 is 29.3 Å². The molecule has 3 heterocycles. The minimum atomic E-state index is -3.22.